The maximum Gasteiger partial charge on any atom is 0.257 e. The van der Waals surface area contributed by atoms with E-state index in [1.165, 1.54) is 0 Å². The van der Waals surface area contributed by atoms with Gasteiger partial charge in [-0.15, -0.1) is 0 Å². The quantitative estimate of drug-likeness (QED) is 0.707. The Bertz CT molecular complexity index is 933. The molecule has 0 unspecified atom stereocenters. The average Bonchev–Trinajstić information content (AvgIpc) is 2.74. The fourth-order valence-corrected chi connectivity index (χ4v) is 3.23. The Balaban J connectivity index is 1.48. The van der Waals surface area contributed by atoms with E-state index < -0.39 is 0 Å². The number of hydrogen-bond acceptors (Lipinski definition) is 6. The number of ether oxygens (including phenoxy) is 1. The van der Waals surface area contributed by atoms with Crippen molar-refractivity contribution < 1.29 is 9.53 Å². The Morgan fingerprint density at radius 3 is 2.70 bits per heavy atom. The summed E-state index contributed by atoms with van der Waals surface area (Å²) in [7, 11) is 1.79. The average molecular weight is 363 g/mol. The van der Waals surface area contributed by atoms with Crippen LogP contribution < -0.4 is 4.90 Å². The van der Waals surface area contributed by atoms with Crippen molar-refractivity contribution in [2.45, 2.75) is 6.54 Å². The van der Waals surface area contributed by atoms with Crippen LogP contribution >= 0.6 is 0 Å². The van der Waals surface area contributed by atoms with Crippen molar-refractivity contribution in [3.63, 3.8) is 0 Å². The molecule has 1 fully saturated rings. The number of amides is 1. The normalized spacial score (nSPS) is 14.3. The summed E-state index contributed by atoms with van der Waals surface area (Å²) in [5, 5.41) is 2.17. The summed E-state index contributed by atoms with van der Waals surface area (Å²) in [6, 6.07) is 8.01. The number of fused-ring (bicyclic) bond motifs is 1. The van der Waals surface area contributed by atoms with Gasteiger partial charge in [-0.3, -0.25) is 9.78 Å². The Hall–Kier alpha value is -3.06. The van der Waals surface area contributed by atoms with Crippen LogP contribution in [0.4, 0.5) is 5.95 Å². The molecule has 7 heteroatoms. The number of rotatable bonds is 4. The molecule has 1 aliphatic heterocycles. The third-order valence-electron chi connectivity index (χ3n) is 4.70. The maximum atomic E-state index is 12.8. The first-order chi connectivity index (χ1) is 13.2. The van der Waals surface area contributed by atoms with Crippen molar-refractivity contribution in [3.05, 3.63) is 60.2 Å². The number of nitrogens with zero attached hydrogens (tertiary/aromatic N) is 5. The molecule has 0 spiro atoms. The molecule has 1 aromatic carbocycles. The van der Waals surface area contributed by atoms with Gasteiger partial charge in [0.25, 0.3) is 5.91 Å². The van der Waals surface area contributed by atoms with Gasteiger partial charge in [-0.05, 0) is 17.0 Å². The molecular formula is C20H21N5O2. The van der Waals surface area contributed by atoms with E-state index in [0.29, 0.717) is 31.3 Å². The molecule has 7 nitrogen and oxygen atoms in total. The minimum atomic E-state index is -0.102. The number of hydrogen-bond donors (Lipinski definition) is 0. The van der Waals surface area contributed by atoms with Crippen LogP contribution in [0.15, 0.2) is 49.1 Å². The number of carbonyl (C=O) groups excluding carboxylic acids is 1. The topological polar surface area (TPSA) is 71.5 Å². The molecule has 1 saturated heterocycles. The van der Waals surface area contributed by atoms with Crippen LogP contribution in [0.3, 0.4) is 0 Å². The number of aromatic nitrogens is 3. The van der Waals surface area contributed by atoms with Crippen LogP contribution in [0.2, 0.25) is 0 Å². The smallest absolute Gasteiger partial charge is 0.257 e. The lowest BCUT2D eigenvalue weighted by Crippen LogP contribution is -2.37. The van der Waals surface area contributed by atoms with Crippen molar-refractivity contribution >= 4 is 22.6 Å². The molecule has 0 N–H and O–H groups in total. The van der Waals surface area contributed by atoms with Crippen molar-refractivity contribution in [2.75, 3.05) is 38.3 Å². The molecule has 2 aromatic heterocycles. The van der Waals surface area contributed by atoms with E-state index in [9.17, 15) is 4.79 Å². The van der Waals surface area contributed by atoms with Crippen LogP contribution in [0.5, 0.6) is 0 Å². The highest BCUT2D eigenvalue weighted by Gasteiger charge is 2.17. The summed E-state index contributed by atoms with van der Waals surface area (Å²) in [6.07, 6.45) is 6.80. The Labute approximate surface area is 157 Å². The van der Waals surface area contributed by atoms with E-state index in [-0.39, 0.29) is 5.91 Å². The van der Waals surface area contributed by atoms with E-state index in [2.05, 4.69) is 19.9 Å². The largest absolute Gasteiger partial charge is 0.378 e. The first kappa shape index (κ1) is 17.4. The molecule has 0 atom stereocenters. The van der Waals surface area contributed by atoms with Crippen molar-refractivity contribution in [1.29, 1.82) is 0 Å². The zero-order valence-corrected chi connectivity index (χ0v) is 15.2. The van der Waals surface area contributed by atoms with Crippen LogP contribution in [-0.4, -0.2) is 59.1 Å². The van der Waals surface area contributed by atoms with E-state index in [4.69, 9.17) is 4.74 Å². The van der Waals surface area contributed by atoms with Gasteiger partial charge in [-0.2, -0.15) is 0 Å². The summed E-state index contributed by atoms with van der Waals surface area (Å²) in [4.78, 5) is 29.4. The highest BCUT2D eigenvalue weighted by molar-refractivity contribution is 5.94. The fraction of sp³-hybridized carbons (Fsp3) is 0.300. The molecule has 4 rings (SSSR count). The highest BCUT2D eigenvalue weighted by Crippen LogP contribution is 2.19. The molecule has 3 aromatic rings. The summed E-state index contributed by atoms with van der Waals surface area (Å²) >= 11 is 0. The van der Waals surface area contributed by atoms with Gasteiger partial charge in [0.05, 0.1) is 18.8 Å². The Morgan fingerprint density at radius 2 is 1.93 bits per heavy atom. The third kappa shape index (κ3) is 3.73. The van der Waals surface area contributed by atoms with E-state index >= 15 is 0 Å². The van der Waals surface area contributed by atoms with Gasteiger partial charge in [0.1, 0.15) is 0 Å². The van der Waals surface area contributed by atoms with Crippen LogP contribution in [0.1, 0.15) is 15.9 Å². The van der Waals surface area contributed by atoms with Crippen LogP contribution in [0, 0.1) is 0 Å². The minimum absolute atomic E-state index is 0.102. The lowest BCUT2D eigenvalue weighted by Gasteiger charge is -2.26. The molecule has 0 radical (unpaired) electrons. The van der Waals surface area contributed by atoms with Gasteiger partial charge < -0.3 is 14.5 Å². The highest BCUT2D eigenvalue weighted by atomic mass is 16.5. The van der Waals surface area contributed by atoms with Gasteiger partial charge >= 0.3 is 0 Å². The SMILES string of the molecule is CN(Cc1cccc2cnccc12)C(=O)c1cnc(N2CCOCC2)nc1. The van der Waals surface area contributed by atoms with Gasteiger partial charge in [-0.1, -0.05) is 18.2 Å². The summed E-state index contributed by atoms with van der Waals surface area (Å²) in [5.74, 6) is 0.536. The number of anilines is 1. The van der Waals surface area contributed by atoms with Gasteiger partial charge in [0.15, 0.2) is 0 Å². The first-order valence-electron chi connectivity index (χ1n) is 8.94. The molecule has 0 bridgehead atoms. The third-order valence-corrected chi connectivity index (χ3v) is 4.70. The Kier molecular flexibility index (Phi) is 4.93. The number of carbonyl (C=O) groups is 1. The second kappa shape index (κ2) is 7.67. The number of pyridine rings is 1. The summed E-state index contributed by atoms with van der Waals surface area (Å²) < 4.78 is 5.34. The molecule has 0 saturated carbocycles. The number of morpholine rings is 1. The molecule has 3 heterocycles. The number of benzene rings is 1. The standard InChI is InChI=1S/C20H21N5O2/c1-24(14-16-4-2-3-15-11-21-6-5-18(15)16)19(26)17-12-22-20(23-13-17)25-7-9-27-10-8-25/h2-6,11-13H,7-10,14H2,1H3. The van der Waals surface area contributed by atoms with Gasteiger partial charge in [0, 0.05) is 56.9 Å². The predicted octanol–water partition coefficient (Wildman–Crippen LogP) is 2.13. The van der Waals surface area contributed by atoms with E-state index in [1.54, 1.807) is 30.5 Å². The molecule has 1 amide bonds. The van der Waals surface area contributed by atoms with Crippen molar-refractivity contribution in [1.82, 2.24) is 19.9 Å². The lowest BCUT2D eigenvalue weighted by atomic mass is 10.1. The molecule has 0 aliphatic carbocycles. The fourth-order valence-electron chi connectivity index (χ4n) is 3.23. The second-order valence-corrected chi connectivity index (χ2v) is 6.55. The van der Waals surface area contributed by atoms with Crippen molar-refractivity contribution in [3.8, 4) is 0 Å². The molecule has 27 heavy (non-hydrogen) atoms. The molecule has 1 aliphatic rings. The zero-order valence-electron chi connectivity index (χ0n) is 15.2. The first-order valence-corrected chi connectivity index (χ1v) is 8.94. The lowest BCUT2D eigenvalue weighted by molar-refractivity contribution is 0.0784. The van der Waals surface area contributed by atoms with E-state index in [1.807, 2.05) is 30.5 Å². The molecular weight excluding hydrogens is 342 g/mol. The van der Waals surface area contributed by atoms with Crippen LogP contribution in [-0.2, 0) is 11.3 Å². The second-order valence-electron chi connectivity index (χ2n) is 6.55. The van der Waals surface area contributed by atoms with E-state index in [0.717, 1.165) is 29.4 Å². The predicted molar refractivity (Wildman–Crippen MR) is 103 cm³/mol. The van der Waals surface area contributed by atoms with Gasteiger partial charge in [0.2, 0.25) is 5.95 Å². The monoisotopic (exact) mass is 363 g/mol. The minimum Gasteiger partial charge on any atom is -0.378 e. The van der Waals surface area contributed by atoms with Crippen molar-refractivity contribution in [2.24, 2.45) is 0 Å². The molecule has 138 valence electrons. The summed E-state index contributed by atoms with van der Waals surface area (Å²) in [6.45, 7) is 3.39. The summed E-state index contributed by atoms with van der Waals surface area (Å²) in [5.41, 5.74) is 1.56. The maximum absolute atomic E-state index is 12.8. The zero-order chi connectivity index (χ0) is 18.6. The Morgan fingerprint density at radius 1 is 1.15 bits per heavy atom. The van der Waals surface area contributed by atoms with Gasteiger partial charge in [-0.25, -0.2) is 9.97 Å². The van der Waals surface area contributed by atoms with Crippen LogP contribution in [0.25, 0.3) is 10.8 Å².